The van der Waals surface area contributed by atoms with Gasteiger partial charge in [-0.05, 0) is 25.8 Å². The summed E-state index contributed by atoms with van der Waals surface area (Å²) in [5, 5.41) is 0. The fourth-order valence-corrected chi connectivity index (χ4v) is 3.70. The van der Waals surface area contributed by atoms with E-state index < -0.39 is 6.04 Å². The summed E-state index contributed by atoms with van der Waals surface area (Å²) < 4.78 is 5.14. The van der Waals surface area contributed by atoms with Crippen molar-refractivity contribution in [1.29, 1.82) is 0 Å². The number of ether oxygens (including phenoxy) is 1. The molecule has 2 heterocycles. The molecule has 2 unspecified atom stereocenters. The largest absolute Gasteiger partial charge is 0.460 e. The zero-order valence-electron chi connectivity index (χ0n) is 10.2. The summed E-state index contributed by atoms with van der Waals surface area (Å²) in [4.78, 5) is 25.2. The predicted octanol–water partition coefficient (Wildman–Crippen LogP) is 1.56. The SMILES string of the molecule is C=C(C)COC(=O)C1CSC2(C)CCC(=O)N12. The fraction of sp³-hybridized carbons (Fsp3) is 0.667. The van der Waals surface area contributed by atoms with Crippen LogP contribution in [0.15, 0.2) is 12.2 Å². The molecule has 0 aromatic heterocycles. The molecule has 17 heavy (non-hydrogen) atoms. The second-order valence-corrected chi connectivity index (χ2v) is 6.33. The van der Waals surface area contributed by atoms with Gasteiger partial charge in [0.2, 0.25) is 5.91 Å². The van der Waals surface area contributed by atoms with Gasteiger partial charge in [-0.2, -0.15) is 0 Å². The maximum atomic E-state index is 11.9. The average molecular weight is 255 g/mol. The number of hydrogen-bond acceptors (Lipinski definition) is 4. The highest BCUT2D eigenvalue weighted by Gasteiger charge is 2.53. The molecule has 0 aromatic carbocycles. The van der Waals surface area contributed by atoms with Gasteiger partial charge < -0.3 is 9.64 Å². The molecule has 2 rings (SSSR count). The first-order chi connectivity index (χ1) is 7.94. The zero-order chi connectivity index (χ0) is 12.6. The first-order valence-corrected chi connectivity index (χ1v) is 6.70. The van der Waals surface area contributed by atoms with E-state index in [4.69, 9.17) is 4.74 Å². The Morgan fingerprint density at radius 3 is 3.06 bits per heavy atom. The number of fused-ring (bicyclic) bond motifs is 1. The first kappa shape index (κ1) is 12.5. The van der Waals surface area contributed by atoms with Gasteiger partial charge in [0.05, 0.1) is 4.87 Å². The summed E-state index contributed by atoms with van der Waals surface area (Å²) in [5.41, 5.74) is 0.805. The monoisotopic (exact) mass is 255 g/mol. The molecule has 1 amide bonds. The van der Waals surface area contributed by atoms with Crippen LogP contribution >= 0.6 is 11.8 Å². The van der Waals surface area contributed by atoms with Crippen molar-refractivity contribution < 1.29 is 14.3 Å². The standard InChI is InChI=1S/C12H17NO3S/c1-8(2)6-16-11(15)9-7-17-12(3)5-4-10(14)13(9)12/h9H,1,4-7H2,2-3H3. The molecule has 5 heteroatoms. The molecule has 0 bridgehead atoms. The van der Waals surface area contributed by atoms with Crippen molar-refractivity contribution >= 4 is 23.6 Å². The minimum Gasteiger partial charge on any atom is -0.460 e. The van der Waals surface area contributed by atoms with Crippen LogP contribution < -0.4 is 0 Å². The van der Waals surface area contributed by atoms with Crippen molar-refractivity contribution in [3.05, 3.63) is 12.2 Å². The van der Waals surface area contributed by atoms with Crippen LogP contribution in [0.2, 0.25) is 0 Å². The first-order valence-electron chi connectivity index (χ1n) is 5.71. The highest BCUT2D eigenvalue weighted by molar-refractivity contribution is 8.01. The van der Waals surface area contributed by atoms with Gasteiger partial charge in [-0.15, -0.1) is 11.8 Å². The normalized spacial score (nSPS) is 31.5. The van der Waals surface area contributed by atoms with Crippen molar-refractivity contribution in [3.63, 3.8) is 0 Å². The molecule has 0 aromatic rings. The van der Waals surface area contributed by atoms with Crippen molar-refractivity contribution in [2.45, 2.75) is 37.6 Å². The number of amides is 1. The topological polar surface area (TPSA) is 46.6 Å². The number of carbonyl (C=O) groups excluding carboxylic acids is 2. The zero-order valence-corrected chi connectivity index (χ0v) is 11.0. The Morgan fingerprint density at radius 1 is 1.71 bits per heavy atom. The van der Waals surface area contributed by atoms with E-state index in [0.717, 1.165) is 12.0 Å². The second-order valence-electron chi connectivity index (χ2n) is 4.83. The van der Waals surface area contributed by atoms with Gasteiger partial charge in [-0.1, -0.05) is 6.58 Å². The van der Waals surface area contributed by atoms with Gasteiger partial charge in [-0.3, -0.25) is 4.79 Å². The van der Waals surface area contributed by atoms with E-state index in [9.17, 15) is 9.59 Å². The summed E-state index contributed by atoms with van der Waals surface area (Å²) in [5.74, 6) is 0.395. The quantitative estimate of drug-likeness (QED) is 0.567. The highest BCUT2D eigenvalue weighted by atomic mass is 32.2. The Morgan fingerprint density at radius 2 is 2.41 bits per heavy atom. The van der Waals surface area contributed by atoms with Gasteiger partial charge in [0.1, 0.15) is 12.6 Å². The van der Waals surface area contributed by atoms with E-state index in [1.165, 1.54) is 0 Å². The van der Waals surface area contributed by atoms with Crippen LogP contribution in [0.3, 0.4) is 0 Å². The van der Waals surface area contributed by atoms with Crippen LogP contribution in [0.4, 0.5) is 0 Å². The molecule has 0 radical (unpaired) electrons. The summed E-state index contributed by atoms with van der Waals surface area (Å²) in [6, 6.07) is -0.417. The Bertz CT molecular complexity index is 382. The smallest absolute Gasteiger partial charge is 0.330 e. The molecule has 0 aliphatic carbocycles. The summed E-state index contributed by atoms with van der Waals surface area (Å²) >= 11 is 1.67. The maximum absolute atomic E-state index is 11.9. The molecule has 4 nitrogen and oxygen atoms in total. The minimum absolute atomic E-state index is 0.0646. The van der Waals surface area contributed by atoms with E-state index in [-0.39, 0.29) is 23.4 Å². The van der Waals surface area contributed by atoms with E-state index in [0.29, 0.717) is 12.2 Å². The molecular weight excluding hydrogens is 238 g/mol. The van der Waals surface area contributed by atoms with E-state index in [2.05, 4.69) is 6.58 Å². The fourth-order valence-electron chi connectivity index (χ4n) is 2.29. The Balaban J connectivity index is 2.05. The third-order valence-electron chi connectivity index (χ3n) is 3.18. The molecule has 94 valence electrons. The third kappa shape index (κ3) is 2.20. The molecule has 2 atom stereocenters. The van der Waals surface area contributed by atoms with E-state index >= 15 is 0 Å². The van der Waals surface area contributed by atoms with Crippen LogP contribution in [0.5, 0.6) is 0 Å². The van der Waals surface area contributed by atoms with Gasteiger partial charge in [0, 0.05) is 12.2 Å². The highest BCUT2D eigenvalue weighted by Crippen LogP contribution is 2.47. The molecule has 0 N–H and O–H groups in total. The van der Waals surface area contributed by atoms with Crippen molar-refractivity contribution in [2.24, 2.45) is 0 Å². The molecule has 2 aliphatic heterocycles. The van der Waals surface area contributed by atoms with Crippen LogP contribution in [0, 0.1) is 0 Å². The lowest BCUT2D eigenvalue weighted by Crippen LogP contribution is -2.46. The van der Waals surface area contributed by atoms with E-state index in [1.807, 2.05) is 13.8 Å². The number of carbonyl (C=O) groups is 2. The number of nitrogens with zero attached hydrogens (tertiary/aromatic N) is 1. The summed E-state index contributed by atoms with van der Waals surface area (Å²) in [6.07, 6.45) is 1.36. The van der Waals surface area contributed by atoms with Crippen LogP contribution in [-0.2, 0) is 14.3 Å². The van der Waals surface area contributed by atoms with Crippen LogP contribution in [-0.4, -0.2) is 40.0 Å². The number of rotatable bonds is 3. The lowest BCUT2D eigenvalue weighted by molar-refractivity contribution is -0.152. The lowest BCUT2D eigenvalue weighted by atomic mass is 10.2. The number of hydrogen-bond donors (Lipinski definition) is 0. The molecule has 0 saturated carbocycles. The van der Waals surface area contributed by atoms with Gasteiger partial charge in [-0.25, -0.2) is 4.79 Å². The number of thioether (sulfide) groups is 1. The molecule has 0 spiro atoms. The molecule has 2 fully saturated rings. The number of esters is 1. The second kappa shape index (κ2) is 4.37. The molecular formula is C12H17NO3S. The van der Waals surface area contributed by atoms with Gasteiger partial charge >= 0.3 is 5.97 Å². The Labute approximate surface area is 105 Å². The van der Waals surface area contributed by atoms with Crippen LogP contribution in [0.25, 0.3) is 0 Å². The van der Waals surface area contributed by atoms with Crippen molar-refractivity contribution in [1.82, 2.24) is 4.90 Å². The third-order valence-corrected chi connectivity index (χ3v) is 4.68. The lowest BCUT2D eigenvalue weighted by Gasteiger charge is -2.29. The Kier molecular flexibility index (Phi) is 3.21. The van der Waals surface area contributed by atoms with Gasteiger partial charge in [0.25, 0.3) is 0 Å². The summed E-state index contributed by atoms with van der Waals surface area (Å²) in [7, 11) is 0. The minimum atomic E-state index is -0.417. The van der Waals surface area contributed by atoms with Crippen molar-refractivity contribution in [3.8, 4) is 0 Å². The maximum Gasteiger partial charge on any atom is 0.330 e. The average Bonchev–Trinajstić information content (AvgIpc) is 2.73. The van der Waals surface area contributed by atoms with E-state index in [1.54, 1.807) is 16.7 Å². The van der Waals surface area contributed by atoms with Crippen molar-refractivity contribution in [2.75, 3.05) is 12.4 Å². The van der Waals surface area contributed by atoms with Crippen LogP contribution in [0.1, 0.15) is 26.7 Å². The molecule has 2 saturated heterocycles. The molecule has 2 aliphatic rings. The summed E-state index contributed by atoms with van der Waals surface area (Å²) in [6.45, 7) is 7.75. The predicted molar refractivity (Wildman–Crippen MR) is 66.5 cm³/mol. The Hall–Kier alpha value is -0.970. The van der Waals surface area contributed by atoms with Gasteiger partial charge in [0.15, 0.2) is 0 Å².